The van der Waals surface area contributed by atoms with E-state index in [9.17, 15) is 19.6 Å². The Morgan fingerprint density at radius 3 is 2.92 bits per heavy atom. The number of hydrogen-bond acceptors (Lipinski definition) is 9. The number of aldehydes is 1. The van der Waals surface area contributed by atoms with Crippen LogP contribution in [0.1, 0.15) is 38.9 Å². The summed E-state index contributed by atoms with van der Waals surface area (Å²) in [5.41, 5.74) is 2.12. The highest BCUT2D eigenvalue weighted by molar-refractivity contribution is 6.12. The van der Waals surface area contributed by atoms with Crippen LogP contribution >= 0.6 is 0 Å². The number of hydrogen-bond donors (Lipinski definition) is 2. The summed E-state index contributed by atoms with van der Waals surface area (Å²) in [6, 6.07) is 10.3. The topological polar surface area (TPSA) is 147 Å². The van der Waals surface area contributed by atoms with E-state index in [0.717, 1.165) is 0 Å². The molecule has 0 spiro atoms. The number of fused-ring (bicyclic) bond motifs is 1. The second kappa shape index (κ2) is 10.8. The Morgan fingerprint density at radius 2 is 2.22 bits per heavy atom. The van der Waals surface area contributed by atoms with Crippen LogP contribution in [0, 0.1) is 11.3 Å². The van der Waals surface area contributed by atoms with E-state index >= 15 is 0 Å². The summed E-state index contributed by atoms with van der Waals surface area (Å²) in [7, 11) is 1.57. The maximum absolute atomic E-state index is 13.1. The molecular weight excluding hydrogens is 464 g/mol. The van der Waals surface area contributed by atoms with Crippen LogP contribution in [0.2, 0.25) is 0 Å². The van der Waals surface area contributed by atoms with Crippen LogP contribution < -0.4 is 10.6 Å². The number of ether oxygens (including phenoxy) is 2. The molecule has 1 fully saturated rings. The van der Waals surface area contributed by atoms with Gasteiger partial charge in [-0.1, -0.05) is 12.1 Å². The molecule has 1 atom stereocenters. The molecule has 1 unspecified atom stereocenters. The number of para-hydroxylation sites is 1. The lowest BCUT2D eigenvalue weighted by molar-refractivity contribution is 0.102. The largest absolute Gasteiger partial charge is 0.447 e. The zero-order valence-corrected chi connectivity index (χ0v) is 19.8. The maximum Gasteiger partial charge on any atom is 0.410 e. The van der Waals surface area contributed by atoms with Crippen molar-refractivity contribution in [3.63, 3.8) is 0 Å². The number of carbonyl (C=O) groups is 3. The monoisotopic (exact) mass is 488 g/mol. The molecule has 11 heteroatoms. The van der Waals surface area contributed by atoms with E-state index in [4.69, 9.17) is 9.47 Å². The summed E-state index contributed by atoms with van der Waals surface area (Å²) in [6.07, 6.45) is 1.53. The number of carbonyl (C=O) groups excluding carboxylic acids is 3. The molecule has 0 aliphatic carbocycles. The van der Waals surface area contributed by atoms with Crippen LogP contribution in [0.25, 0.3) is 10.9 Å². The fourth-order valence-corrected chi connectivity index (χ4v) is 3.85. The molecule has 1 aliphatic rings. The number of benzene rings is 1. The molecule has 2 N–H and O–H groups in total. The molecule has 11 nitrogen and oxygen atoms in total. The van der Waals surface area contributed by atoms with Crippen LogP contribution in [0.15, 0.2) is 36.5 Å². The van der Waals surface area contributed by atoms with Gasteiger partial charge in [0.15, 0.2) is 6.29 Å². The normalized spacial score (nSPS) is 14.9. The van der Waals surface area contributed by atoms with E-state index in [2.05, 4.69) is 26.7 Å². The van der Waals surface area contributed by atoms with Crippen LogP contribution in [0.3, 0.4) is 0 Å². The van der Waals surface area contributed by atoms with Crippen molar-refractivity contribution in [1.82, 2.24) is 14.9 Å². The van der Waals surface area contributed by atoms with Crippen LogP contribution in [0.4, 0.5) is 16.3 Å². The molecule has 3 heterocycles. The quantitative estimate of drug-likeness (QED) is 0.343. The number of amides is 2. The first kappa shape index (κ1) is 24.6. The van der Waals surface area contributed by atoms with E-state index < -0.39 is 12.0 Å². The molecular formula is C25H24N6O5. The lowest BCUT2D eigenvalue weighted by Gasteiger charge is -2.19. The number of aromatic nitrogens is 2. The zero-order chi connectivity index (χ0) is 25.7. The first-order valence-electron chi connectivity index (χ1n) is 11.2. The van der Waals surface area contributed by atoms with Crippen molar-refractivity contribution in [3.8, 4) is 6.07 Å². The predicted octanol–water partition coefficient (Wildman–Crippen LogP) is 2.97. The van der Waals surface area contributed by atoms with E-state index in [1.807, 2.05) is 6.92 Å². The Kier molecular flexibility index (Phi) is 7.36. The Labute approximate surface area is 207 Å². The molecule has 3 aromatic rings. The summed E-state index contributed by atoms with van der Waals surface area (Å²) in [5.74, 6) is -0.237. The molecule has 1 aromatic carbocycles. The number of nitrogens with zero attached hydrogens (tertiary/aromatic N) is 4. The van der Waals surface area contributed by atoms with Gasteiger partial charge in [0.25, 0.3) is 5.91 Å². The number of anilines is 2. The molecule has 2 aromatic heterocycles. The van der Waals surface area contributed by atoms with Crippen molar-refractivity contribution in [2.75, 3.05) is 37.5 Å². The van der Waals surface area contributed by atoms with Gasteiger partial charge in [-0.2, -0.15) is 5.26 Å². The van der Waals surface area contributed by atoms with Gasteiger partial charge in [0.2, 0.25) is 0 Å². The van der Waals surface area contributed by atoms with Gasteiger partial charge in [0, 0.05) is 36.9 Å². The molecule has 0 radical (unpaired) electrons. The summed E-state index contributed by atoms with van der Waals surface area (Å²) < 4.78 is 10.1. The minimum absolute atomic E-state index is 0.126. The summed E-state index contributed by atoms with van der Waals surface area (Å²) in [6.45, 7) is 3.23. The molecule has 184 valence electrons. The number of cyclic esters (lactones) is 1. The average molecular weight is 489 g/mol. The minimum atomic E-state index is -0.477. The smallest absolute Gasteiger partial charge is 0.410 e. The third kappa shape index (κ3) is 5.08. The number of pyridine rings is 2. The molecule has 36 heavy (non-hydrogen) atoms. The predicted molar refractivity (Wildman–Crippen MR) is 131 cm³/mol. The average Bonchev–Trinajstić information content (AvgIpc) is 3.20. The van der Waals surface area contributed by atoms with Gasteiger partial charge in [-0.3, -0.25) is 14.5 Å². The van der Waals surface area contributed by atoms with E-state index in [1.165, 1.54) is 11.1 Å². The van der Waals surface area contributed by atoms with Gasteiger partial charge < -0.3 is 20.1 Å². The first-order valence-corrected chi connectivity index (χ1v) is 11.2. The second-order valence-electron chi connectivity index (χ2n) is 8.18. The molecule has 1 aliphatic heterocycles. The second-order valence-corrected chi connectivity index (χ2v) is 8.18. The Morgan fingerprint density at radius 1 is 1.39 bits per heavy atom. The van der Waals surface area contributed by atoms with E-state index in [1.54, 1.807) is 37.4 Å². The highest BCUT2D eigenvalue weighted by Gasteiger charge is 2.30. The lowest BCUT2D eigenvalue weighted by atomic mass is 10.0. The van der Waals surface area contributed by atoms with Crippen molar-refractivity contribution in [1.29, 1.82) is 5.26 Å². The number of nitrogens with one attached hydrogen (secondary N) is 2. The standard InChI is InChI=1S/C25H24N6O5/c1-15-14-36-25(34)31(15)12-17-8-16-4-3-5-19(23(16)29-21(17)13-32)24(33)30-22-9-20(27-6-7-35-2)18(10-26)11-28-22/h3-5,8-9,11,13,15H,6-7,12,14H2,1-2H3,(H2,27,28,30,33). The summed E-state index contributed by atoms with van der Waals surface area (Å²) >= 11 is 0. The summed E-state index contributed by atoms with van der Waals surface area (Å²) in [5, 5.41) is 15.8. The van der Waals surface area contributed by atoms with Crippen LogP contribution in [0.5, 0.6) is 0 Å². The molecule has 0 saturated carbocycles. The molecule has 0 bridgehead atoms. The maximum atomic E-state index is 13.1. The highest BCUT2D eigenvalue weighted by Crippen LogP contribution is 2.25. The van der Waals surface area contributed by atoms with Crippen molar-refractivity contribution in [2.24, 2.45) is 0 Å². The number of nitriles is 1. The molecule has 4 rings (SSSR count). The van der Waals surface area contributed by atoms with Crippen molar-refractivity contribution >= 4 is 40.7 Å². The highest BCUT2D eigenvalue weighted by atomic mass is 16.6. The lowest BCUT2D eigenvalue weighted by Crippen LogP contribution is -2.31. The zero-order valence-electron chi connectivity index (χ0n) is 19.8. The molecule has 1 saturated heterocycles. The fraction of sp³-hybridized carbons (Fsp3) is 0.280. The van der Waals surface area contributed by atoms with Crippen LogP contribution in [-0.4, -0.2) is 66.1 Å². The fourth-order valence-electron chi connectivity index (χ4n) is 3.85. The van der Waals surface area contributed by atoms with E-state index in [-0.39, 0.29) is 36.3 Å². The Balaban J connectivity index is 1.62. The SMILES string of the molecule is COCCNc1cc(NC(=O)c2cccc3cc(CN4C(=O)OCC4C)c(C=O)nc23)ncc1C#N. The number of methoxy groups -OCH3 is 1. The van der Waals surface area contributed by atoms with Crippen molar-refractivity contribution in [3.05, 3.63) is 58.9 Å². The number of rotatable bonds is 9. The van der Waals surface area contributed by atoms with Gasteiger partial charge in [0.05, 0.1) is 41.5 Å². The third-order valence-corrected chi connectivity index (χ3v) is 5.76. The van der Waals surface area contributed by atoms with E-state index in [0.29, 0.717) is 47.2 Å². The summed E-state index contributed by atoms with van der Waals surface area (Å²) in [4.78, 5) is 47.1. The van der Waals surface area contributed by atoms with Gasteiger partial charge in [-0.15, -0.1) is 0 Å². The first-order chi connectivity index (χ1) is 17.4. The van der Waals surface area contributed by atoms with Gasteiger partial charge in [-0.25, -0.2) is 14.8 Å². The minimum Gasteiger partial charge on any atom is -0.447 e. The van der Waals surface area contributed by atoms with Gasteiger partial charge >= 0.3 is 6.09 Å². The van der Waals surface area contributed by atoms with Crippen molar-refractivity contribution in [2.45, 2.75) is 19.5 Å². The van der Waals surface area contributed by atoms with Crippen LogP contribution in [-0.2, 0) is 16.0 Å². The Bertz CT molecular complexity index is 1370. The third-order valence-electron chi connectivity index (χ3n) is 5.76. The molecule has 2 amide bonds. The van der Waals surface area contributed by atoms with Gasteiger partial charge in [0.1, 0.15) is 24.2 Å². The Hall–Kier alpha value is -4.56. The van der Waals surface area contributed by atoms with Crippen molar-refractivity contribution < 1.29 is 23.9 Å². The van der Waals surface area contributed by atoms with Gasteiger partial charge in [-0.05, 0) is 19.1 Å².